The molecule has 1 heterocycles. The number of rotatable bonds is 3. The summed E-state index contributed by atoms with van der Waals surface area (Å²) in [6.45, 7) is 0.335. The van der Waals surface area contributed by atoms with E-state index in [4.69, 9.17) is 23.2 Å². The van der Waals surface area contributed by atoms with Crippen LogP contribution >= 0.6 is 23.2 Å². The third-order valence-corrected chi connectivity index (χ3v) is 5.02. The first-order chi connectivity index (χ1) is 11.5. The highest BCUT2D eigenvalue weighted by Gasteiger charge is 2.38. The number of hydrogen-bond donors (Lipinski definition) is 2. The molecule has 3 rings (SSSR count). The van der Waals surface area contributed by atoms with E-state index in [0.29, 0.717) is 30.1 Å². The second-order valence-corrected chi connectivity index (χ2v) is 7.07. The van der Waals surface area contributed by atoms with Crippen molar-refractivity contribution in [3.8, 4) is 0 Å². The molecule has 3 atom stereocenters. The number of carbonyl (C=O) groups excluding carboxylic acids is 2. The van der Waals surface area contributed by atoms with Gasteiger partial charge in [0.05, 0.1) is 5.92 Å². The number of piperidine rings is 1. The van der Waals surface area contributed by atoms with Crippen LogP contribution < -0.4 is 10.6 Å². The van der Waals surface area contributed by atoms with Gasteiger partial charge in [-0.3, -0.25) is 9.59 Å². The molecule has 0 radical (unpaired) electrons. The molecule has 0 aromatic heterocycles. The van der Waals surface area contributed by atoms with Gasteiger partial charge in [-0.1, -0.05) is 41.4 Å². The lowest BCUT2D eigenvalue weighted by molar-refractivity contribution is -0.129. The molecule has 1 aliphatic heterocycles. The Labute approximate surface area is 150 Å². The molecule has 24 heavy (non-hydrogen) atoms. The number of benzene rings is 1. The van der Waals surface area contributed by atoms with Crippen molar-refractivity contribution < 1.29 is 9.59 Å². The van der Waals surface area contributed by atoms with E-state index in [1.54, 1.807) is 24.3 Å². The van der Waals surface area contributed by atoms with Crippen LogP contribution in [-0.4, -0.2) is 18.4 Å². The van der Waals surface area contributed by atoms with Crippen LogP contribution in [0.15, 0.2) is 47.5 Å². The van der Waals surface area contributed by atoms with Crippen molar-refractivity contribution in [1.29, 1.82) is 0 Å². The van der Waals surface area contributed by atoms with E-state index in [1.807, 2.05) is 18.2 Å². The quantitative estimate of drug-likeness (QED) is 0.858. The maximum absolute atomic E-state index is 12.7. The summed E-state index contributed by atoms with van der Waals surface area (Å²) >= 11 is 12.1. The fourth-order valence-corrected chi connectivity index (χ4v) is 3.74. The second kappa shape index (κ2) is 7.41. The predicted octanol–water partition coefficient (Wildman–Crippen LogP) is 3.73. The molecule has 1 aromatic rings. The molecule has 126 valence electrons. The summed E-state index contributed by atoms with van der Waals surface area (Å²) in [5, 5.41) is 7.01. The average Bonchev–Trinajstić information content (AvgIpc) is 2.54. The van der Waals surface area contributed by atoms with Crippen molar-refractivity contribution in [2.75, 3.05) is 11.9 Å². The molecule has 4 nitrogen and oxygen atoms in total. The number of carbonyl (C=O) groups is 2. The molecule has 1 saturated heterocycles. The Morgan fingerprint density at radius 1 is 1.25 bits per heavy atom. The summed E-state index contributed by atoms with van der Waals surface area (Å²) in [5.41, 5.74) is 0.653. The predicted molar refractivity (Wildman–Crippen MR) is 95.9 cm³/mol. The zero-order chi connectivity index (χ0) is 17.1. The van der Waals surface area contributed by atoms with Crippen LogP contribution in [0.5, 0.6) is 0 Å². The van der Waals surface area contributed by atoms with Gasteiger partial charge in [0.15, 0.2) is 0 Å². The highest BCUT2D eigenvalue weighted by Crippen LogP contribution is 2.36. The molecular formula is C18H18Cl2N2O2. The zero-order valence-corrected chi connectivity index (χ0v) is 14.5. The van der Waals surface area contributed by atoms with E-state index in [9.17, 15) is 9.59 Å². The Morgan fingerprint density at radius 2 is 2.08 bits per heavy atom. The van der Waals surface area contributed by atoms with Gasteiger partial charge in [-0.05, 0) is 42.5 Å². The van der Waals surface area contributed by atoms with Gasteiger partial charge in [0.25, 0.3) is 0 Å². The van der Waals surface area contributed by atoms with Crippen molar-refractivity contribution in [2.45, 2.75) is 12.8 Å². The molecule has 2 unspecified atom stereocenters. The maximum Gasteiger partial charge on any atom is 0.229 e. The van der Waals surface area contributed by atoms with Crippen molar-refractivity contribution in [3.63, 3.8) is 0 Å². The summed E-state index contributed by atoms with van der Waals surface area (Å²) in [7, 11) is 0. The van der Waals surface area contributed by atoms with Crippen LogP contribution in [0.1, 0.15) is 12.8 Å². The van der Waals surface area contributed by atoms with Gasteiger partial charge in [-0.15, -0.1) is 0 Å². The fraction of sp³-hybridized carbons (Fsp3) is 0.333. The van der Waals surface area contributed by atoms with Gasteiger partial charge >= 0.3 is 0 Å². The largest absolute Gasteiger partial charge is 0.355 e. The minimum absolute atomic E-state index is 0.0223. The first kappa shape index (κ1) is 17.1. The Balaban J connectivity index is 1.76. The minimum atomic E-state index is -0.307. The van der Waals surface area contributed by atoms with E-state index in [2.05, 4.69) is 10.6 Å². The van der Waals surface area contributed by atoms with E-state index in [1.165, 1.54) is 0 Å². The van der Waals surface area contributed by atoms with Crippen molar-refractivity contribution in [3.05, 3.63) is 52.5 Å². The van der Waals surface area contributed by atoms with E-state index in [-0.39, 0.29) is 29.6 Å². The van der Waals surface area contributed by atoms with Gasteiger partial charge in [-0.2, -0.15) is 0 Å². The number of amides is 2. The van der Waals surface area contributed by atoms with Gasteiger partial charge in [0.1, 0.15) is 0 Å². The van der Waals surface area contributed by atoms with Crippen LogP contribution in [-0.2, 0) is 9.59 Å². The van der Waals surface area contributed by atoms with Crippen molar-refractivity contribution in [2.24, 2.45) is 17.8 Å². The van der Waals surface area contributed by atoms with Crippen LogP contribution in [0.2, 0.25) is 5.02 Å². The topological polar surface area (TPSA) is 58.2 Å². The molecule has 1 aromatic carbocycles. The van der Waals surface area contributed by atoms with Gasteiger partial charge in [0, 0.05) is 28.7 Å². The molecule has 0 bridgehead atoms. The van der Waals surface area contributed by atoms with Crippen LogP contribution in [0.4, 0.5) is 5.69 Å². The van der Waals surface area contributed by atoms with Crippen molar-refractivity contribution in [1.82, 2.24) is 5.32 Å². The Kier molecular flexibility index (Phi) is 5.27. The fourth-order valence-electron chi connectivity index (χ4n) is 3.30. The highest BCUT2D eigenvalue weighted by atomic mass is 35.5. The summed E-state index contributed by atoms with van der Waals surface area (Å²) < 4.78 is 0. The van der Waals surface area contributed by atoms with Gasteiger partial charge < -0.3 is 10.6 Å². The normalized spacial score (nSPS) is 26.5. The van der Waals surface area contributed by atoms with E-state index >= 15 is 0 Å². The molecule has 1 aliphatic carbocycles. The first-order valence-corrected chi connectivity index (χ1v) is 8.64. The maximum atomic E-state index is 12.7. The van der Waals surface area contributed by atoms with E-state index in [0.717, 1.165) is 5.03 Å². The standard InChI is InChI=1S/C18H18Cl2N2O2/c19-12-4-1-3-11(7-12)15-9-17(23)21-10-16(15)18(24)22-14-6-2-5-13(20)8-14/h1-6,8,11,15-16H,7,9-10H2,(H,21,23)(H,22,24)/t11?,15-,16?/m0/s1. The van der Waals surface area contributed by atoms with Gasteiger partial charge in [-0.25, -0.2) is 0 Å². The number of halogens is 2. The smallest absolute Gasteiger partial charge is 0.229 e. The SMILES string of the molecule is O=C1C[C@@H](C2C=CC=C(Cl)C2)C(C(=O)Nc2cccc(Cl)c2)CN1. The Morgan fingerprint density at radius 3 is 2.83 bits per heavy atom. The lowest BCUT2D eigenvalue weighted by atomic mass is 9.74. The lowest BCUT2D eigenvalue weighted by Crippen LogP contribution is -2.48. The number of hydrogen-bond acceptors (Lipinski definition) is 2. The van der Waals surface area contributed by atoms with Gasteiger partial charge in [0.2, 0.25) is 11.8 Å². The summed E-state index contributed by atoms with van der Waals surface area (Å²) in [6, 6.07) is 7.03. The Bertz CT molecular complexity index is 715. The molecular weight excluding hydrogens is 347 g/mol. The molecule has 6 heteroatoms. The summed E-state index contributed by atoms with van der Waals surface area (Å²) in [4.78, 5) is 24.6. The third kappa shape index (κ3) is 4.00. The zero-order valence-electron chi connectivity index (χ0n) is 13.0. The van der Waals surface area contributed by atoms with Crippen molar-refractivity contribution >= 4 is 40.7 Å². The minimum Gasteiger partial charge on any atom is -0.355 e. The Hall–Kier alpha value is -1.78. The number of anilines is 1. The molecule has 2 aliphatic rings. The second-order valence-electron chi connectivity index (χ2n) is 6.14. The lowest BCUT2D eigenvalue weighted by Gasteiger charge is -2.35. The third-order valence-electron chi connectivity index (χ3n) is 4.50. The monoisotopic (exact) mass is 364 g/mol. The van der Waals surface area contributed by atoms with Crippen LogP contribution in [0.3, 0.4) is 0 Å². The average molecular weight is 365 g/mol. The molecule has 0 saturated carbocycles. The summed E-state index contributed by atoms with van der Waals surface area (Å²) in [5.74, 6) is -0.425. The summed E-state index contributed by atoms with van der Waals surface area (Å²) in [6.07, 6.45) is 6.77. The highest BCUT2D eigenvalue weighted by molar-refractivity contribution is 6.31. The molecule has 1 fully saturated rings. The first-order valence-electron chi connectivity index (χ1n) is 7.89. The molecule has 2 N–H and O–H groups in total. The van der Waals surface area contributed by atoms with E-state index < -0.39 is 0 Å². The molecule has 0 spiro atoms. The number of allylic oxidation sites excluding steroid dienone is 4. The molecule has 2 amide bonds. The van der Waals surface area contributed by atoms with Crippen LogP contribution in [0.25, 0.3) is 0 Å². The number of nitrogens with one attached hydrogen (secondary N) is 2. The van der Waals surface area contributed by atoms with Crippen LogP contribution in [0, 0.1) is 17.8 Å².